The van der Waals surface area contributed by atoms with Crippen molar-refractivity contribution in [1.29, 1.82) is 5.26 Å². The molecule has 4 nitrogen and oxygen atoms in total. The van der Waals surface area contributed by atoms with Crippen LogP contribution in [-0.4, -0.2) is 5.91 Å². The van der Waals surface area contributed by atoms with Gasteiger partial charge in [-0.2, -0.15) is 5.26 Å². The number of carbonyl (C=O) groups is 1. The van der Waals surface area contributed by atoms with Gasteiger partial charge in [0.15, 0.2) is 0 Å². The lowest BCUT2D eigenvalue weighted by Gasteiger charge is -2.08. The number of carbonyl (C=O) groups excluding carboxylic acids is 1. The number of hydrogen-bond donors (Lipinski definition) is 2. The number of nitrogens with two attached hydrogens (primary N) is 1. The summed E-state index contributed by atoms with van der Waals surface area (Å²) >= 11 is 0. The summed E-state index contributed by atoms with van der Waals surface area (Å²) in [5, 5.41) is 11.9. The summed E-state index contributed by atoms with van der Waals surface area (Å²) in [7, 11) is 0. The van der Waals surface area contributed by atoms with Crippen LogP contribution in [-0.2, 0) is 13.0 Å². The Hall–Kier alpha value is -2.80. The van der Waals surface area contributed by atoms with Gasteiger partial charge < -0.3 is 11.1 Å². The lowest BCUT2D eigenvalue weighted by Crippen LogP contribution is -2.11. The summed E-state index contributed by atoms with van der Waals surface area (Å²) < 4.78 is 0. The van der Waals surface area contributed by atoms with Gasteiger partial charge >= 0.3 is 0 Å². The molecule has 0 aliphatic rings. The molecule has 0 unspecified atom stereocenters. The van der Waals surface area contributed by atoms with E-state index < -0.39 is 5.91 Å². The first kappa shape index (κ1) is 13.6. The van der Waals surface area contributed by atoms with E-state index in [4.69, 9.17) is 11.0 Å². The second-order valence-corrected chi connectivity index (χ2v) is 4.45. The average Bonchev–Trinajstić information content (AvgIpc) is 2.47. The Labute approximate surface area is 117 Å². The largest absolute Gasteiger partial charge is 0.381 e. The SMILES string of the molecule is N#CCc1ccc(NCc2cccc(C(N)=O)c2)cc1. The molecule has 0 spiro atoms. The molecule has 0 aliphatic carbocycles. The minimum absolute atomic E-state index is 0.418. The Kier molecular flexibility index (Phi) is 4.35. The molecule has 4 heteroatoms. The van der Waals surface area contributed by atoms with Crippen LogP contribution in [0.5, 0.6) is 0 Å². The Morgan fingerprint density at radius 1 is 1.15 bits per heavy atom. The molecule has 0 atom stereocenters. The average molecular weight is 265 g/mol. The van der Waals surface area contributed by atoms with Gasteiger partial charge in [0.1, 0.15) is 0 Å². The molecule has 2 aromatic carbocycles. The van der Waals surface area contributed by atoms with Gasteiger partial charge in [0.25, 0.3) is 0 Å². The van der Waals surface area contributed by atoms with Crippen LogP contribution in [0.25, 0.3) is 0 Å². The van der Waals surface area contributed by atoms with Crippen LogP contribution in [0.3, 0.4) is 0 Å². The van der Waals surface area contributed by atoms with Gasteiger partial charge in [-0.3, -0.25) is 4.79 Å². The number of primary amides is 1. The van der Waals surface area contributed by atoms with Crippen LogP contribution in [0.15, 0.2) is 48.5 Å². The van der Waals surface area contributed by atoms with Crippen LogP contribution in [0.2, 0.25) is 0 Å². The Morgan fingerprint density at radius 2 is 1.90 bits per heavy atom. The van der Waals surface area contributed by atoms with E-state index in [9.17, 15) is 4.79 Å². The van der Waals surface area contributed by atoms with Crippen LogP contribution in [0.4, 0.5) is 5.69 Å². The predicted octanol–water partition coefficient (Wildman–Crippen LogP) is 2.46. The van der Waals surface area contributed by atoms with Crippen molar-refractivity contribution in [1.82, 2.24) is 0 Å². The third-order valence-electron chi connectivity index (χ3n) is 2.95. The molecular formula is C16H15N3O. The maximum atomic E-state index is 11.1. The van der Waals surface area contributed by atoms with Gasteiger partial charge in [-0.1, -0.05) is 24.3 Å². The van der Waals surface area contributed by atoms with E-state index >= 15 is 0 Å². The quantitative estimate of drug-likeness (QED) is 0.871. The highest BCUT2D eigenvalue weighted by Crippen LogP contribution is 2.12. The van der Waals surface area contributed by atoms with E-state index in [1.165, 1.54) is 0 Å². The Morgan fingerprint density at radius 3 is 2.55 bits per heavy atom. The van der Waals surface area contributed by atoms with Crippen molar-refractivity contribution in [2.45, 2.75) is 13.0 Å². The van der Waals surface area contributed by atoms with Crippen molar-refractivity contribution < 1.29 is 4.79 Å². The molecule has 0 bridgehead atoms. The fraction of sp³-hybridized carbons (Fsp3) is 0.125. The van der Waals surface area contributed by atoms with E-state index in [2.05, 4.69) is 11.4 Å². The second-order valence-electron chi connectivity index (χ2n) is 4.45. The molecule has 0 fully saturated rings. The number of nitriles is 1. The molecule has 0 aliphatic heterocycles. The minimum Gasteiger partial charge on any atom is -0.381 e. The summed E-state index contributed by atoms with van der Waals surface area (Å²) in [6.07, 6.45) is 0.418. The highest BCUT2D eigenvalue weighted by molar-refractivity contribution is 5.92. The van der Waals surface area contributed by atoms with Gasteiger partial charge in [0.2, 0.25) is 5.91 Å². The highest BCUT2D eigenvalue weighted by atomic mass is 16.1. The van der Waals surface area contributed by atoms with Crippen molar-refractivity contribution in [2.75, 3.05) is 5.32 Å². The lowest BCUT2D eigenvalue weighted by atomic mass is 10.1. The summed E-state index contributed by atoms with van der Waals surface area (Å²) in [4.78, 5) is 11.1. The Bertz CT molecular complexity index is 642. The first-order valence-electron chi connectivity index (χ1n) is 6.27. The van der Waals surface area contributed by atoms with Crippen molar-refractivity contribution in [2.24, 2.45) is 5.73 Å². The van der Waals surface area contributed by atoms with Crippen molar-refractivity contribution >= 4 is 11.6 Å². The number of nitrogens with one attached hydrogen (secondary N) is 1. The fourth-order valence-electron chi connectivity index (χ4n) is 1.87. The zero-order valence-electron chi connectivity index (χ0n) is 11.0. The van der Waals surface area contributed by atoms with Crippen molar-refractivity contribution in [3.63, 3.8) is 0 Å². The zero-order valence-corrected chi connectivity index (χ0v) is 11.0. The zero-order chi connectivity index (χ0) is 14.4. The number of rotatable bonds is 5. The molecular weight excluding hydrogens is 250 g/mol. The number of benzene rings is 2. The molecule has 0 saturated heterocycles. The molecule has 0 aromatic heterocycles. The monoisotopic (exact) mass is 265 g/mol. The normalized spacial score (nSPS) is 9.75. The molecule has 2 rings (SSSR count). The van der Waals surface area contributed by atoms with Crippen LogP contribution >= 0.6 is 0 Å². The van der Waals surface area contributed by atoms with E-state index in [1.54, 1.807) is 12.1 Å². The summed E-state index contributed by atoms with van der Waals surface area (Å²) in [6, 6.07) is 17.0. The number of amides is 1. The number of anilines is 1. The highest BCUT2D eigenvalue weighted by Gasteiger charge is 2.01. The molecule has 100 valence electrons. The van der Waals surface area contributed by atoms with Gasteiger partial charge in [-0.25, -0.2) is 0 Å². The fourth-order valence-corrected chi connectivity index (χ4v) is 1.87. The first-order chi connectivity index (χ1) is 9.69. The molecule has 0 heterocycles. The number of hydrogen-bond acceptors (Lipinski definition) is 3. The molecule has 0 saturated carbocycles. The van der Waals surface area contributed by atoms with Crippen molar-refractivity contribution in [3.8, 4) is 6.07 Å². The molecule has 3 N–H and O–H groups in total. The predicted molar refractivity (Wildman–Crippen MR) is 78.0 cm³/mol. The smallest absolute Gasteiger partial charge is 0.248 e. The van der Waals surface area contributed by atoms with Crippen LogP contribution in [0, 0.1) is 11.3 Å². The molecule has 20 heavy (non-hydrogen) atoms. The van der Waals surface area contributed by atoms with Gasteiger partial charge in [0, 0.05) is 17.8 Å². The maximum absolute atomic E-state index is 11.1. The maximum Gasteiger partial charge on any atom is 0.248 e. The van der Waals surface area contributed by atoms with Crippen LogP contribution in [0.1, 0.15) is 21.5 Å². The van der Waals surface area contributed by atoms with Gasteiger partial charge in [-0.15, -0.1) is 0 Å². The van der Waals surface area contributed by atoms with E-state index in [-0.39, 0.29) is 0 Å². The molecule has 0 radical (unpaired) electrons. The Balaban J connectivity index is 2.00. The van der Waals surface area contributed by atoms with E-state index in [0.29, 0.717) is 18.5 Å². The van der Waals surface area contributed by atoms with Crippen molar-refractivity contribution in [3.05, 3.63) is 65.2 Å². The van der Waals surface area contributed by atoms with E-state index in [0.717, 1.165) is 16.8 Å². The molecule has 1 amide bonds. The lowest BCUT2D eigenvalue weighted by molar-refractivity contribution is 0.1000. The first-order valence-corrected chi connectivity index (χ1v) is 6.27. The van der Waals surface area contributed by atoms with Gasteiger partial charge in [0.05, 0.1) is 12.5 Å². The topological polar surface area (TPSA) is 78.9 Å². The summed E-state index contributed by atoms with van der Waals surface area (Å²) in [5.74, 6) is -0.423. The standard InChI is InChI=1S/C16H15N3O/c17-9-8-12-4-6-15(7-5-12)19-11-13-2-1-3-14(10-13)16(18)20/h1-7,10,19H,8,11H2,(H2,18,20). The van der Waals surface area contributed by atoms with Gasteiger partial charge in [-0.05, 0) is 35.4 Å². The van der Waals surface area contributed by atoms with Crippen LogP contribution < -0.4 is 11.1 Å². The number of nitrogens with zero attached hydrogens (tertiary/aromatic N) is 1. The summed E-state index contributed by atoms with van der Waals surface area (Å²) in [5.41, 5.74) is 8.71. The minimum atomic E-state index is -0.423. The second kappa shape index (κ2) is 6.39. The third kappa shape index (κ3) is 3.59. The summed E-state index contributed by atoms with van der Waals surface area (Å²) in [6.45, 7) is 0.610. The molecule has 2 aromatic rings. The van der Waals surface area contributed by atoms with E-state index in [1.807, 2.05) is 36.4 Å². The third-order valence-corrected chi connectivity index (χ3v) is 2.95.